The minimum Gasteiger partial charge on any atom is -0.316 e. The highest BCUT2D eigenvalue weighted by molar-refractivity contribution is 8.93. The number of rotatable bonds is 10. The molecule has 0 spiro atoms. The minimum atomic E-state index is -4.52. The van der Waals surface area contributed by atoms with Gasteiger partial charge >= 0.3 is 6.18 Å². The van der Waals surface area contributed by atoms with E-state index in [-0.39, 0.29) is 32.5 Å². The van der Waals surface area contributed by atoms with Crippen LogP contribution in [-0.2, 0) is 39.2 Å². The van der Waals surface area contributed by atoms with Gasteiger partial charge in [0.15, 0.2) is 4.80 Å². The first kappa shape index (κ1) is 34.7. The van der Waals surface area contributed by atoms with Gasteiger partial charge < -0.3 is 4.57 Å². The quantitative estimate of drug-likeness (QED) is 0.218. The van der Waals surface area contributed by atoms with Crippen molar-refractivity contribution >= 4 is 54.1 Å². The van der Waals surface area contributed by atoms with Crippen molar-refractivity contribution in [2.24, 2.45) is 10.1 Å². The average Bonchev–Trinajstić information content (AvgIpc) is 3.34. The minimum absolute atomic E-state index is 0. The number of thiazole rings is 1. The lowest BCUT2D eigenvalue weighted by Crippen LogP contribution is -2.30. The second kappa shape index (κ2) is 13.9. The molecule has 1 heterocycles. The lowest BCUT2D eigenvalue weighted by atomic mass is 10.1. The molecule has 0 atom stereocenters. The van der Waals surface area contributed by atoms with Gasteiger partial charge in [0.1, 0.15) is 0 Å². The number of nitrogens with two attached hydrogens (primary N) is 1. The van der Waals surface area contributed by atoms with E-state index >= 15 is 0 Å². The van der Waals surface area contributed by atoms with Crippen molar-refractivity contribution < 1.29 is 30.0 Å². The van der Waals surface area contributed by atoms with Gasteiger partial charge in [-0.25, -0.2) is 27.0 Å². The number of nitrogens with zero attached hydrogens (tertiary/aromatic N) is 3. The van der Waals surface area contributed by atoms with Crippen LogP contribution in [0.2, 0.25) is 0 Å². The third-order valence-electron chi connectivity index (χ3n) is 6.57. The number of hydrogen-bond acceptors (Lipinski definition) is 6. The third-order valence-corrected chi connectivity index (χ3v) is 10.4. The topological polar surface area (TPSA) is 115 Å². The van der Waals surface area contributed by atoms with Gasteiger partial charge in [-0.3, -0.25) is 0 Å². The van der Waals surface area contributed by atoms with E-state index in [1.165, 1.54) is 52.0 Å². The largest absolute Gasteiger partial charge is 0.416 e. The van der Waals surface area contributed by atoms with Gasteiger partial charge in [-0.2, -0.15) is 17.5 Å². The molecule has 0 radical (unpaired) electrons. The molecular formula is C28H30BrF3N4O4S3. The lowest BCUT2D eigenvalue weighted by Gasteiger charge is -2.18. The highest BCUT2D eigenvalue weighted by Gasteiger charge is 2.30. The van der Waals surface area contributed by atoms with E-state index in [1.54, 1.807) is 38.1 Å². The fourth-order valence-electron chi connectivity index (χ4n) is 4.32. The Hall–Kier alpha value is -2.82. The maximum atomic E-state index is 13.3. The summed E-state index contributed by atoms with van der Waals surface area (Å²) in [5, 5.41) is 7.00. The number of hydrogen-bond donors (Lipinski definition) is 1. The Labute approximate surface area is 263 Å². The SMILES string of the molecule is Br.CCN(CC)S(=O)(=O)c1ccc(-c2csc(=Nc3cccc(C(F)(F)F)c3)n2CCc2ccc(S(N)(=O)=O)cc2)cc1. The zero-order valence-corrected chi connectivity index (χ0v) is 27.3. The number of aromatic nitrogens is 1. The summed E-state index contributed by atoms with van der Waals surface area (Å²) >= 11 is 1.23. The van der Waals surface area contributed by atoms with Crippen molar-refractivity contribution in [1.29, 1.82) is 0 Å². The Bertz CT molecular complexity index is 1830. The van der Waals surface area contributed by atoms with Crippen LogP contribution in [0.1, 0.15) is 25.0 Å². The molecule has 3 aromatic carbocycles. The summed E-state index contributed by atoms with van der Waals surface area (Å²) < 4.78 is 92.2. The Morgan fingerprint density at radius 1 is 0.907 bits per heavy atom. The van der Waals surface area contributed by atoms with Gasteiger partial charge in [0.2, 0.25) is 20.0 Å². The monoisotopic (exact) mass is 718 g/mol. The van der Waals surface area contributed by atoms with Gasteiger partial charge in [0, 0.05) is 25.0 Å². The van der Waals surface area contributed by atoms with E-state index in [1.807, 2.05) is 9.95 Å². The first-order valence-electron chi connectivity index (χ1n) is 12.9. The molecule has 0 saturated carbocycles. The Kier molecular flexibility index (Phi) is 11.2. The molecule has 8 nitrogen and oxygen atoms in total. The van der Waals surface area contributed by atoms with E-state index in [0.29, 0.717) is 42.1 Å². The number of benzene rings is 3. The molecule has 232 valence electrons. The number of sulfonamides is 2. The van der Waals surface area contributed by atoms with Gasteiger partial charge in [-0.1, -0.05) is 44.2 Å². The maximum absolute atomic E-state index is 13.3. The van der Waals surface area contributed by atoms with Crippen LogP contribution in [0.4, 0.5) is 18.9 Å². The van der Waals surface area contributed by atoms with E-state index in [9.17, 15) is 30.0 Å². The molecule has 0 aliphatic rings. The van der Waals surface area contributed by atoms with Crippen molar-refractivity contribution in [2.45, 2.75) is 42.8 Å². The molecule has 4 aromatic rings. The Morgan fingerprint density at radius 3 is 2.07 bits per heavy atom. The summed E-state index contributed by atoms with van der Waals surface area (Å²) in [7, 11) is -7.50. The van der Waals surface area contributed by atoms with Crippen molar-refractivity contribution in [1.82, 2.24) is 8.87 Å². The van der Waals surface area contributed by atoms with Gasteiger partial charge in [0.25, 0.3) is 0 Å². The first-order chi connectivity index (χ1) is 19.7. The van der Waals surface area contributed by atoms with Crippen LogP contribution in [0, 0.1) is 0 Å². The van der Waals surface area contributed by atoms with E-state index < -0.39 is 31.8 Å². The molecule has 0 aliphatic carbocycles. The summed E-state index contributed by atoms with van der Waals surface area (Å²) in [5.41, 5.74) is 1.51. The van der Waals surface area contributed by atoms with E-state index in [2.05, 4.69) is 4.99 Å². The van der Waals surface area contributed by atoms with Crippen LogP contribution in [-0.4, -0.2) is 38.8 Å². The molecule has 15 heteroatoms. The smallest absolute Gasteiger partial charge is 0.316 e. The molecule has 1 aromatic heterocycles. The van der Waals surface area contributed by atoms with Crippen molar-refractivity contribution in [3.8, 4) is 11.3 Å². The first-order valence-corrected chi connectivity index (χ1v) is 16.7. The van der Waals surface area contributed by atoms with Gasteiger partial charge in [0.05, 0.1) is 26.7 Å². The maximum Gasteiger partial charge on any atom is 0.416 e. The molecule has 43 heavy (non-hydrogen) atoms. The molecule has 0 fully saturated rings. The summed E-state index contributed by atoms with van der Waals surface area (Å²) in [6.07, 6.45) is -4.07. The molecule has 0 amide bonds. The predicted octanol–water partition coefficient (Wildman–Crippen LogP) is 5.97. The molecule has 0 unspecified atom stereocenters. The molecule has 0 aliphatic heterocycles. The van der Waals surface area contributed by atoms with Crippen LogP contribution in [0.3, 0.4) is 0 Å². The summed E-state index contributed by atoms with van der Waals surface area (Å²) in [6, 6.07) is 17.3. The lowest BCUT2D eigenvalue weighted by molar-refractivity contribution is -0.137. The average molecular weight is 720 g/mol. The number of alkyl halides is 3. The van der Waals surface area contributed by atoms with E-state index in [4.69, 9.17) is 5.14 Å². The van der Waals surface area contributed by atoms with Crippen LogP contribution in [0.5, 0.6) is 0 Å². The normalized spacial score (nSPS) is 12.9. The number of primary sulfonamides is 1. The van der Waals surface area contributed by atoms with Gasteiger partial charge in [-0.05, 0) is 60.0 Å². The van der Waals surface area contributed by atoms with E-state index in [0.717, 1.165) is 17.7 Å². The van der Waals surface area contributed by atoms with Crippen molar-refractivity contribution in [3.05, 3.63) is 94.1 Å². The number of aryl methyl sites for hydroxylation is 1. The molecular weight excluding hydrogens is 689 g/mol. The van der Waals surface area contributed by atoms with Crippen LogP contribution >= 0.6 is 28.3 Å². The molecule has 4 rings (SSSR count). The number of halogens is 4. The molecule has 0 bridgehead atoms. The zero-order valence-electron chi connectivity index (χ0n) is 23.2. The summed E-state index contributed by atoms with van der Waals surface area (Å²) in [6.45, 7) is 4.56. The highest BCUT2D eigenvalue weighted by Crippen LogP contribution is 2.31. The van der Waals surface area contributed by atoms with Gasteiger partial charge in [-0.15, -0.1) is 28.3 Å². The predicted molar refractivity (Wildman–Crippen MR) is 166 cm³/mol. The Morgan fingerprint density at radius 2 is 1.51 bits per heavy atom. The van der Waals surface area contributed by atoms with Crippen molar-refractivity contribution in [3.63, 3.8) is 0 Å². The summed E-state index contributed by atoms with van der Waals surface area (Å²) in [5.74, 6) is 0. The highest BCUT2D eigenvalue weighted by atomic mass is 79.9. The van der Waals surface area contributed by atoms with Crippen molar-refractivity contribution in [2.75, 3.05) is 13.1 Å². The third kappa shape index (κ3) is 8.22. The fourth-order valence-corrected chi connectivity index (χ4v) is 7.25. The Balaban J connectivity index is 0.00000506. The van der Waals surface area contributed by atoms with Crippen LogP contribution in [0.25, 0.3) is 11.3 Å². The van der Waals surface area contributed by atoms with Crippen LogP contribution in [0.15, 0.2) is 93.0 Å². The second-order valence-corrected chi connectivity index (χ2v) is 13.6. The molecule has 2 N–H and O–H groups in total. The summed E-state index contributed by atoms with van der Waals surface area (Å²) in [4.78, 5) is 5.08. The standard InChI is InChI=1S/C28H29F3N4O4S3.BrH/c1-3-34(4-2)42(38,39)25-14-10-21(11-15-25)26-19-40-27(33-23-7-5-6-22(18-23)28(29,30)31)35(26)17-16-20-8-12-24(13-9-20)41(32,36)37;/h5-15,18-19H,3-4,16-17H2,1-2H3,(H2,32,36,37);1H. The fraction of sp³-hybridized carbons (Fsp3) is 0.250. The zero-order chi connectivity index (χ0) is 30.7. The van der Waals surface area contributed by atoms with Crippen LogP contribution < -0.4 is 9.94 Å². The second-order valence-electron chi connectivity index (χ2n) is 9.27. The molecule has 0 saturated heterocycles.